The Hall–Kier alpha value is -3.94. The molecule has 178 valence electrons. The number of hydrogen-bond donors (Lipinski definition) is 1. The highest BCUT2D eigenvalue weighted by Gasteiger charge is 2.26. The number of aromatic amines is 1. The van der Waals surface area contributed by atoms with Gasteiger partial charge in [0.25, 0.3) is 11.5 Å². The Morgan fingerprint density at radius 2 is 1.65 bits per heavy atom. The molecule has 0 spiro atoms. The lowest BCUT2D eigenvalue weighted by atomic mass is 10.0. The molecule has 0 atom stereocenters. The number of H-pyrrole nitrogens is 1. The van der Waals surface area contributed by atoms with Crippen LogP contribution in [-0.4, -0.2) is 50.3 Å². The Morgan fingerprint density at radius 1 is 0.941 bits per heavy atom. The molecule has 0 saturated heterocycles. The number of aromatic nitrogens is 1. The Bertz CT molecular complexity index is 1300. The first-order chi connectivity index (χ1) is 16.4. The number of methoxy groups -OCH3 is 3. The monoisotopic (exact) mass is 464 g/mol. The van der Waals surface area contributed by atoms with Gasteiger partial charge in [0.05, 0.1) is 27.9 Å². The molecule has 1 amide bonds. The fourth-order valence-electron chi connectivity index (χ4n) is 4.05. The average Bonchev–Trinajstić information content (AvgIpc) is 3.07. The van der Waals surface area contributed by atoms with Gasteiger partial charge in [0.1, 0.15) is 12.2 Å². The second-order valence-corrected chi connectivity index (χ2v) is 8.13. The summed E-state index contributed by atoms with van der Waals surface area (Å²) in [5, 5.41) is 0. The zero-order chi connectivity index (χ0) is 24.4. The molecule has 1 aliphatic heterocycles. The van der Waals surface area contributed by atoms with Crippen molar-refractivity contribution < 1.29 is 23.7 Å². The van der Waals surface area contributed by atoms with E-state index in [9.17, 15) is 9.59 Å². The van der Waals surface area contributed by atoms with Crippen LogP contribution >= 0.6 is 0 Å². The first kappa shape index (κ1) is 23.2. The van der Waals surface area contributed by atoms with E-state index in [1.807, 2.05) is 44.2 Å². The number of amides is 1. The van der Waals surface area contributed by atoms with Gasteiger partial charge in [-0.3, -0.25) is 9.59 Å². The van der Waals surface area contributed by atoms with E-state index in [1.165, 1.54) is 0 Å². The van der Waals surface area contributed by atoms with Crippen LogP contribution in [0.5, 0.6) is 23.0 Å². The van der Waals surface area contributed by atoms with Crippen LogP contribution in [0.3, 0.4) is 0 Å². The third-order valence-electron chi connectivity index (χ3n) is 6.05. The Morgan fingerprint density at radius 3 is 2.35 bits per heavy atom. The van der Waals surface area contributed by atoms with Gasteiger partial charge in [0.15, 0.2) is 23.0 Å². The molecule has 0 bridgehead atoms. The van der Waals surface area contributed by atoms with Gasteiger partial charge in [0.2, 0.25) is 0 Å². The SMILES string of the molecule is COc1ccc(-c2cc3c(c(OC)c2)OCCN(C(=O)c2cc(C)c(C)[nH]c2=O)C3)cc1OC. The Labute approximate surface area is 198 Å². The quantitative estimate of drug-likeness (QED) is 0.619. The number of nitrogens with one attached hydrogen (secondary N) is 1. The third kappa shape index (κ3) is 4.31. The fraction of sp³-hybridized carbons (Fsp3) is 0.308. The summed E-state index contributed by atoms with van der Waals surface area (Å²) in [7, 11) is 4.76. The van der Waals surface area contributed by atoms with Crippen LogP contribution < -0.4 is 24.5 Å². The summed E-state index contributed by atoms with van der Waals surface area (Å²) in [6.45, 7) is 4.58. The molecular weight excluding hydrogens is 436 g/mol. The number of rotatable bonds is 5. The average molecular weight is 465 g/mol. The van der Waals surface area contributed by atoms with E-state index in [0.29, 0.717) is 29.5 Å². The maximum Gasteiger partial charge on any atom is 0.261 e. The van der Waals surface area contributed by atoms with Gasteiger partial charge in [-0.2, -0.15) is 0 Å². The van der Waals surface area contributed by atoms with Crippen LogP contribution in [0.2, 0.25) is 0 Å². The Kier molecular flexibility index (Phi) is 6.49. The van der Waals surface area contributed by atoms with E-state index in [-0.39, 0.29) is 24.6 Å². The van der Waals surface area contributed by atoms with Crippen LogP contribution in [0, 0.1) is 13.8 Å². The van der Waals surface area contributed by atoms with E-state index in [4.69, 9.17) is 18.9 Å². The molecule has 8 nitrogen and oxygen atoms in total. The molecule has 0 aliphatic carbocycles. The minimum atomic E-state index is -0.393. The maximum atomic E-state index is 13.3. The highest BCUT2D eigenvalue weighted by Crippen LogP contribution is 2.40. The molecule has 0 unspecified atom stereocenters. The molecule has 8 heteroatoms. The van der Waals surface area contributed by atoms with Gasteiger partial charge >= 0.3 is 0 Å². The minimum Gasteiger partial charge on any atom is -0.493 e. The molecule has 1 N–H and O–H groups in total. The first-order valence-corrected chi connectivity index (χ1v) is 10.9. The molecule has 2 aromatic carbocycles. The summed E-state index contributed by atoms with van der Waals surface area (Å²) in [5.74, 6) is 2.07. The van der Waals surface area contributed by atoms with Gasteiger partial charge in [-0.1, -0.05) is 6.07 Å². The van der Waals surface area contributed by atoms with Gasteiger partial charge in [-0.15, -0.1) is 0 Å². The molecule has 2 heterocycles. The van der Waals surface area contributed by atoms with Crippen molar-refractivity contribution in [1.29, 1.82) is 0 Å². The molecule has 0 saturated carbocycles. The molecule has 1 aromatic heterocycles. The van der Waals surface area contributed by atoms with Gasteiger partial charge < -0.3 is 28.8 Å². The van der Waals surface area contributed by atoms with Crippen molar-refractivity contribution in [2.24, 2.45) is 0 Å². The normalized spacial score (nSPS) is 12.9. The summed E-state index contributed by atoms with van der Waals surface area (Å²) in [6, 6.07) is 11.2. The lowest BCUT2D eigenvalue weighted by Gasteiger charge is -2.20. The van der Waals surface area contributed by atoms with Crippen molar-refractivity contribution >= 4 is 5.91 Å². The standard InChI is InChI=1S/C26H28N2O6/c1-15-10-20(25(29)27-16(15)2)26(30)28-8-9-34-24-19(14-28)11-18(13-23(24)33-5)17-6-7-21(31-3)22(12-17)32-4/h6-7,10-13H,8-9,14H2,1-5H3,(H,27,29). The molecular formula is C26H28N2O6. The number of carbonyl (C=O) groups excluding carboxylic acids is 1. The third-order valence-corrected chi connectivity index (χ3v) is 6.05. The number of hydrogen-bond acceptors (Lipinski definition) is 6. The summed E-state index contributed by atoms with van der Waals surface area (Å²) in [5.41, 5.74) is 3.88. The topological polar surface area (TPSA) is 90.1 Å². The second kappa shape index (κ2) is 9.51. The smallest absolute Gasteiger partial charge is 0.261 e. The maximum absolute atomic E-state index is 13.3. The summed E-state index contributed by atoms with van der Waals surface area (Å²) >= 11 is 0. The number of fused-ring (bicyclic) bond motifs is 1. The number of nitrogens with zero attached hydrogens (tertiary/aromatic N) is 1. The van der Waals surface area contributed by atoms with Gasteiger partial charge in [-0.05, 0) is 60.9 Å². The van der Waals surface area contributed by atoms with E-state index in [0.717, 1.165) is 27.9 Å². The van der Waals surface area contributed by atoms with Gasteiger partial charge in [-0.25, -0.2) is 0 Å². The van der Waals surface area contributed by atoms with Crippen LogP contribution in [0.4, 0.5) is 0 Å². The molecule has 1 aliphatic rings. The molecule has 3 aromatic rings. The van der Waals surface area contributed by atoms with Crippen molar-refractivity contribution in [2.75, 3.05) is 34.5 Å². The van der Waals surface area contributed by atoms with Crippen molar-refractivity contribution in [2.45, 2.75) is 20.4 Å². The number of benzene rings is 2. The zero-order valence-corrected chi connectivity index (χ0v) is 20.0. The fourth-order valence-corrected chi connectivity index (χ4v) is 4.05. The summed E-state index contributed by atoms with van der Waals surface area (Å²) in [4.78, 5) is 30.2. The molecule has 34 heavy (non-hydrogen) atoms. The molecule has 0 radical (unpaired) electrons. The van der Waals surface area contributed by atoms with E-state index < -0.39 is 5.56 Å². The van der Waals surface area contributed by atoms with Crippen LogP contribution in [0.25, 0.3) is 11.1 Å². The number of aryl methyl sites for hydroxylation is 2. The zero-order valence-electron chi connectivity index (χ0n) is 20.0. The van der Waals surface area contributed by atoms with Crippen molar-refractivity contribution in [1.82, 2.24) is 9.88 Å². The van der Waals surface area contributed by atoms with E-state index in [1.54, 1.807) is 32.3 Å². The highest BCUT2D eigenvalue weighted by molar-refractivity contribution is 5.94. The summed E-state index contributed by atoms with van der Waals surface area (Å²) < 4.78 is 22.4. The Balaban J connectivity index is 1.74. The summed E-state index contributed by atoms with van der Waals surface area (Å²) in [6.07, 6.45) is 0. The number of carbonyl (C=O) groups is 1. The van der Waals surface area contributed by atoms with Gasteiger partial charge in [0, 0.05) is 17.8 Å². The predicted octanol–water partition coefficient (Wildman–Crippen LogP) is 3.72. The predicted molar refractivity (Wildman–Crippen MR) is 128 cm³/mol. The van der Waals surface area contributed by atoms with E-state index >= 15 is 0 Å². The largest absolute Gasteiger partial charge is 0.493 e. The lowest BCUT2D eigenvalue weighted by molar-refractivity contribution is 0.0731. The lowest BCUT2D eigenvalue weighted by Crippen LogP contribution is -2.36. The molecule has 4 rings (SSSR count). The minimum absolute atomic E-state index is 0.120. The number of ether oxygens (including phenoxy) is 4. The van der Waals surface area contributed by atoms with Crippen LogP contribution in [0.15, 0.2) is 41.2 Å². The first-order valence-electron chi connectivity index (χ1n) is 10.9. The van der Waals surface area contributed by atoms with Crippen molar-refractivity contribution in [3.63, 3.8) is 0 Å². The van der Waals surface area contributed by atoms with E-state index in [2.05, 4.69) is 4.98 Å². The second-order valence-electron chi connectivity index (χ2n) is 8.13. The van der Waals surface area contributed by atoms with Crippen LogP contribution in [0.1, 0.15) is 27.2 Å². The van der Waals surface area contributed by atoms with Crippen molar-refractivity contribution in [3.8, 4) is 34.1 Å². The molecule has 0 fully saturated rings. The number of pyridine rings is 1. The highest BCUT2D eigenvalue weighted by atomic mass is 16.5. The van der Waals surface area contributed by atoms with Crippen molar-refractivity contribution in [3.05, 3.63) is 69.1 Å². The van der Waals surface area contributed by atoms with Crippen LogP contribution in [-0.2, 0) is 6.54 Å².